The van der Waals surface area contributed by atoms with Crippen molar-refractivity contribution in [2.75, 3.05) is 31.1 Å². The van der Waals surface area contributed by atoms with Crippen molar-refractivity contribution in [1.29, 1.82) is 0 Å². The Balaban J connectivity index is 1.89. The number of hydrogen-bond donors (Lipinski definition) is 1. The van der Waals surface area contributed by atoms with Gasteiger partial charge in [-0.1, -0.05) is 13.8 Å². The third kappa shape index (κ3) is 3.68. The van der Waals surface area contributed by atoms with E-state index in [0.29, 0.717) is 32.1 Å². The zero-order valence-corrected chi connectivity index (χ0v) is 12.3. The van der Waals surface area contributed by atoms with Crippen molar-refractivity contribution in [3.8, 4) is 0 Å². The molecule has 0 aliphatic carbocycles. The summed E-state index contributed by atoms with van der Waals surface area (Å²) in [6, 6.07) is 1.77. The Labute approximate surface area is 124 Å². The molecule has 1 saturated heterocycles. The zero-order valence-electron chi connectivity index (χ0n) is 12.3. The summed E-state index contributed by atoms with van der Waals surface area (Å²) in [5.41, 5.74) is 4.35. The minimum absolute atomic E-state index is 0.160. The Kier molecular flexibility index (Phi) is 4.40. The van der Waals surface area contributed by atoms with Gasteiger partial charge in [-0.25, -0.2) is 9.97 Å². The molecule has 21 heavy (non-hydrogen) atoms. The minimum Gasteiger partial charge on any atom is -0.369 e. The van der Waals surface area contributed by atoms with Crippen molar-refractivity contribution < 1.29 is 9.59 Å². The Hall–Kier alpha value is -2.18. The number of nitrogens with two attached hydrogens (primary N) is 1. The Morgan fingerprint density at radius 3 is 2.29 bits per heavy atom. The van der Waals surface area contributed by atoms with E-state index in [-0.39, 0.29) is 5.91 Å². The van der Waals surface area contributed by atoms with Gasteiger partial charge in [0.05, 0.1) is 11.8 Å². The van der Waals surface area contributed by atoms with Crippen LogP contribution in [0.25, 0.3) is 0 Å². The Morgan fingerprint density at radius 2 is 1.76 bits per heavy atom. The van der Waals surface area contributed by atoms with E-state index in [9.17, 15) is 9.59 Å². The van der Waals surface area contributed by atoms with Crippen LogP contribution in [0.1, 0.15) is 13.8 Å². The largest absolute Gasteiger partial charge is 0.369 e. The van der Waals surface area contributed by atoms with Gasteiger partial charge in [-0.3, -0.25) is 9.59 Å². The van der Waals surface area contributed by atoms with Crippen molar-refractivity contribution in [2.45, 2.75) is 13.8 Å². The minimum atomic E-state index is -0.934. The van der Waals surface area contributed by atoms with Crippen LogP contribution in [0.4, 0.5) is 5.95 Å². The van der Waals surface area contributed by atoms with Crippen molar-refractivity contribution in [1.82, 2.24) is 14.9 Å². The van der Waals surface area contributed by atoms with Gasteiger partial charge in [0.2, 0.25) is 17.8 Å². The van der Waals surface area contributed by atoms with E-state index < -0.39 is 11.3 Å². The Bertz CT molecular complexity index is 509. The van der Waals surface area contributed by atoms with Crippen molar-refractivity contribution in [3.05, 3.63) is 24.9 Å². The van der Waals surface area contributed by atoms with Crippen LogP contribution in [0.5, 0.6) is 0 Å². The molecule has 1 aliphatic rings. The van der Waals surface area contributed by atoms with Gasteiger partial charge in [-0.2, -0.15) is 0 Å². The molecule has 2 rings (SSSR count). The number of carbonyl (C=O) groups excluding carboxylic acids is 2. The molecule has 1 aromatic heterocycles. The lowest BCUT2D eigenvalue weighted by molar-refractivity contribution is -0.133. The number of anilines is 1. The quantitative estimate of drug-likeness (QED) is 0.832. The highest BCUT2D eigenvalue weighted by Gasteiger charge is 2.32. The van der Waals surface area contributed by atoms with Crippen molar-refractivity contribution in [2.24, 2.45) is 11.1 Å². The molecule has 7 heteroatoms. The number of rotatable bonds is 4. The summed E-state index contributed by atoms with van der Waals surface area (Å²) in [6.45, 7) is 5.76. The highest BCUT2D eigenvalue weighted by Crippen LogP contribution is 2.20. The molecular formula is C14H20N5O2. The fourth-order valence-electron chi connectivity index (χ4n) is 2.05. The van der Waals surface area contributed by atoms with E-state index in [0.717, 1.165) is 0 Å². The molecule has 0 aromatic carbocycles. The van der Waals surface area contributed by atoms with E-state index in [1.165, 1.54) is 6.42 Å². The molecule has 0 spiro atoms. The number of carbonyl (C=O) groups is 2. The first-order chi connectivity index (χ1) is 9.90. The second kappa shape index (κ2) is 6.07. The lowest BCUT2D eigenvalue weighted by Gasteiger charge is -2.35. The van der Waals surface area contributed by atoms with Crippen LogP contribution in [-0.2, 0) is 9.59 Å². The monoisotopic (exact) mass is 290 g/mol. The molecule has 0 saturated carbocycles. The number of nitrogens with zero attached hydrogens (tertiary/aromatic N) is 4. The number of aromatic nitrogens is 2. The van der Waals surface area contributed by atoms with E-state index in [1.807, 2.05) is 4.90 Å². The van der Waals surface area contributed by atoms with E-state index in [1.54, 1.807) is 37.2 Å². The SMILES string of the molecule is CC(C)([CH]C(=O)N1CCN(c2ncccn2)CC1)C(N)=O. The standard InChI is InChI=1S/C14H20N5O2/c1-14(2,12(15)21)10-11(20)18-6-8-19(9-7-18)13-16-4-3-5-17-13/h3-5,10H,6-9H2,1-2H3,(H2,15,21). The second-order valence-electron chi connectivity index (χ2n) is 5.59. The first kappa shape index (κ1) is 15.2. The maximum atomic E-state index is 12.2. The smallest absolute Gasteiger partial charge is 0.227 e. The van der Waals surface area contributed by atoms with Gasteiger partial charge in [-0.05, 0) is 6.07 Å². The maximum Gasteiger partial charge on any atom is 0.227 e. The van der Waals surface area contributed by atoms with Crippen LogP contribution in [0.2, 0.25) is 0 Å². The maximum absolute atomic E-state index is 12.2. The van der Waals surface area contributed by atoms with Crippen LogP contribution in [-0.4, -0.2) is 52.9 Å². The summed E-state index contributed by atoms with van der Waals surface area (Å²) in [6.07, 6.45) is 4.79. The number of piperazine rings is 1. The molecule has 2 amide bonds. The third-order valence-corrected chi connectivity index (χ3v) is 3.55. The third-order valence-electron chi connectivity index (χ3n) is 3.55. The summed E-state index contributed by atoms with van der Waals surface area (Å²) in [7, 11) is 0. The summed E-state index contributed by atoms with van der Waals surface area (Å²) >= 11 is 0. The first-order valence-corrected chi connectivity index (χ1v) is 6.87. The van der Waals surface area contributed by atoms with Gasteiger partial charge in [0.1, 0.15) is 0 Å². The van der Waals surface area contributed by atoms with Crippen LogP contribution < -0.4 is 10.6 Å². The van der Waals surface area contributed by atoms with Crippen LogP contribution >= 0.6 is 0 Å². The van der Waals surface area contributed by atoms with E-state index in [2.05, 4.69) is 9.97 Å². The van der Waals surface area contributed by atoms with Gasteiger partial charge in [0, 0.05) is 38.6 Å². The molecular weight excluding hydrogens is 270 g/mol. The van der Waals surface area contributed by atoms with Crippen molar-refractivity contribution >= 4 is 17.8 Å². The average Bonchev–Trinajstić information content (AvgIpc) is 2.48. The normalized spacial score (nSPS) is 15.9. The van der Waals surface area contributed by atoms with E-state index in [4.69, 9.17) is 5.73 Å². The van der Waals surface area contributed by atoms with Gasteiger partial charge < -0.3 is 15.5 Å². The summed E-state index contributed by atoms with van der Waals surface area (Å²) in [5, 5.41) is 0. The van der Waals surface area contributed by atoms with Gasteiger partial charge in [0.25, 0.3) is 0 Å². The van der Waals surface area contributed by atoms with E-state index >= 15 is 0 Å². The molecule has 1 aromatic rings. The fraction of sp³-hybridized carbons (Fsp3) is 0.500. The first-order valence-electron chi connectivity index (χ1n) is 6.87. The Morgan fingerprint density at radius 1 is 1.19 bits per heavy atom. The molecule has 0 unspecified atom stereocenters. The zero-order chi connectivity index (χ0) is 15.5. The molecule has 0 bridgehead atoms. The lowest BCUT2D eigenvalue weighted by atomic mass is 9.88. The average molecular weight is 290 g/mol. The van der Waals surface area contributed by atoms with Crippen LogP contribution in [0.3, 0.4) is 0 Å². The number of primary amides is 1. The highest BCUT2D eigenvalue weighted by atomic mass is 16.2. The summed E-state index contributed by atoms with van der Waals surface area (Å²) < 4.78 is 0. The van der Waals surface area contributed by atoms with Crippen LogP contribution in [0, 0.1) is 11.8 Å². The van der Waals surface area contributed by atoms with Crippen molar-refractivity contribution in [3.63, 3.8) is 0 Å². The molecule has 1 fully saturated rings. The second-order valence-corrected chi connectivity index (χ2v) is 5.59. The fourth-order valence-corrected chi connectivity index (χ4v) is 2.05. The van der Waals surface area contributed by atoms with Gasteiger partial charge in [-0.15, -0.1) is 0 Å². The van der Waals surface area contributed by atoms with Gasteiger partial charge >= 0.3 is 0 Å². The number of hydrogen-bond acceptors (Lipinski definition) is 5. The summed E-state index contributed by atoms with van der Waals surface area (Å²) in [4.78, 5) is 35.6. The molecule has 1 aliphatic heterocycles. The van der Waals surface area contributed by atoms with Gasteiger partial charge in [0.15, 0.2) is 0 Å². The molecule has 1 radical (unpaired) electrons. The molecule has 2 heterocycles. The molecule has 2 N–H and O–H groups in total. The number of amides is 2. The lowest BCUT2D eigenvalue weighted by Crippen LogP contribution is -2.50. The predicted octanol–water partition coefficient (Wildman–Crippen LogP) is -0.159. The van der Waals surface area contributed by atoms with Crippen LogP contribution in [0.15, 0.2) is 18.5 Å². The summed E-state index contributed by atoms with van der Waals surface area (Å²) in [5.74, 6) is 0.00523. The molecule has 113 valence electrons. The predicted molar refractivity (Wildman–Crippen MR) is 78.1 cm³/mol. The highest BCUT2D eigenvalue weighted by molar-refractivity contribution is 5.94. The molecule has 7 nitrogen and oxygen atoms in total. The topological polar surface area (TPSA) is 92.4 Å². The molecule has 0 atom stereocenters.